The van der Waals surface area contributed by atoms with E-state index in [4.69, 9.17) is 23.2 Å². The van der Waals surface area contributed by atoms with Gasteiger partial charge in [0, 0.05) is 27.5 Å². The lowest BCUT2D eigenvalue weighted by Gasteiger charge is -2.26. The van der Waals surface area contributed by atoms with Crippen molar-refractivity contribution in [3.8, 4) is 0 Å². The predicted octanol–water partition coefficient (Wildman–Crippen LogP) is 5.32. The SMILES string of the molecule is Cc1c(Cl)cccc1N1C(=O)C(=O)/C(=C(/O)c2ccc(Cl)cc2)C1c1ccccn1. The van der Waals surface area contributed by atoms with Gasteiger partial charge >= 0.3 is 0 Å². The summed E-state index contributed by atoms with van der Waals surface area (Å²) in [5, 5.41) is 12.0. The molecule has 7 heteroatoms. The van der Waals surface area contributed by atoms with Crippen LogP contribution in [-0.4, -0.2) is 21.8 Å². The van der Waals surface area contributed by atoms with Gasteiger partial charge in [-0.3, -0.25) is 19.5 Å². The monoisotopic (exact) mass is 438 g/mol. The van der Waals surface area contributed by atoms with Crippen LogP contribution in [0.4, 0.5) is 5.69 Å². The van der Waals surface area contributed by atoms with Gasteiger partial charge in [-0.2, -0.15) is 0 Å². The van der Waals surface area contributed by atoms with Crippen LogP contribution in [0.1, 0.15) is 22.9 Å². The molecule has 3 aromatic rings. The topological polar surface area (TPSA) is 70.5 Å². The maximum Gasteiger partial charge on any atom is 0.300 e. The molecule has 1 aliphatic rings. The van der Waals surface area contributed by atoms with Crippen LogP contribution in [0.25, 0.3) is 5.76 Å². The zero-order valence-electron chi connectivity index (χ0n) is 15.8. The maximum absolute atomic E-state index is 13.1. The molecule has 0 bridgehead atoms. The summed E-state index contributed by atoms with van der Waals surface area (Å²) in [6, 6.07) is 15.8. The van der Waals surface area contributed by atoms with E-state index in [1.165, 1.54) is 4.90 Å². The summed E-state index contributed by atoms with van der Waals surface area (Å²) in [4.78, 5) is 31.8. The smallest absolute Gasteiger partial charge is 0.300 e. The normalized spacial score (nSPS) is 18.1. The number of aliphatic hydroxyl groups is 1. The van der Waals surface area contributed by atoms with Crippen LogP contribution < -0.4 is 4.90 Å². The summed E-state index contributed by atoms with van der Waals surface area (Å²) in [7, 11) is 0. The molecule has 1 fully saturated rings. The number of aliphatic hydroxyl groups excluding tert-OH is 1. The second-order valence-electron chi connectivity index (χ2n) is 6.81. The number of carbonyl (C=O) groups excluding carboxylic acids is 2. The van der Waals surface area contributed by atoms with E-state index in [1.54, 1.807) is 73.8 Å². The first-order chi connectivity index (χ1) is 14.4. The average molecular weight is 439 g/mol. The first-order valence-electron chi connectivity index (χ1n) is 9.13. The van der Waals surface area contributed by atoms with Gasteiger partial charge in [-0.05, 0) is 61.0 Å². The van der Waals surface area contributed by atoms with E-state index in [-0.39, 0.29) is 11.3 Å². The molecule has 4 rings (SSSR count). The number of rotatable bonds is 3. The molecule has 1 N–H and O–H groups in total. The molecule has 0 saturated carbocycles. The number of aromatic nitrogens is 1. The van der Waals surface area contributed by atoms with E-state index < -0.39 is 17.7 Å². The molecule has 0 aliphatic carbocycles. The minimum atomic E-state index is -0.904. The Hall–Kier alpha value is -3.15. The molecule has 1 aromatic heterocycles. The summed E-state index contributed by atoms with van der Waals surface area (Å²) in [6.45, 7) is 1.77. The van der Waals surface area contributed by atoms with Crippen molar-refractivity contribution in [2.75, 3.05) is 4.90 Å². The fourth-order valence-corrected chi connectivity index (χ4v) is 3.81. The first kappa shape index (κ1) is 20.1. The molecule has 0 spiro atoms. The Morgan fingerprint density at radius 1 is 1.00 bits per heavy atom. The zero-order chi connectivity index (χ0) is 21.4. The summed E-state index contributed by atoms with van der Waals surface area (Å²) in [5.41, 5.74) is 1.91. The third kappa shape index (κ3) is 3.36. The third-order valence-corrected chi connectivity index (χ3v) is 5.69. The van der Waals surface area contributed by atoms with Gasteiger partial charge in [0.1, 0.15) is 11.8 Å². The lowest BCUT2D eigenvalue weighted by Crippen LogP contribution is -2.30. The summed E-state index contributed by atoms with van der Waals surface area (Å²) < 4.78 is 0. The van der Waals surface area contributed by atoms with Crippen LogP contribution in [-0.2, 0) is 9.59 Å². The number of benzene rings is 2. The van der Waals surface area contributed by atoms with Crippen molar-refractivity contribution in [2.45, 2.75) is 13.0 Å². The van der Waals surface area contributed by atoms with E-state index in [0.717, 1.165) is 0 Å². The fraction of sp³-hybridized carbons (Fsp3) is 0.0870. The van der Waals surface area contributed by atoms with Crippen LogP contribution in [0, 0.1) is 6.92 Å². The maximum atomic E-state index is 13.1. The van der Waals surface area contributed by atoms with Crippen molar-refractivity contribution < 1.29 is 14.7 Å². The Balaban J connectivity index is 1.97. The second-order valence-corrected chi connectivity index (χ2v) is 7.66. The quantitative estimate of drug-likeness (QED) is 0.341. The third-order valence-electron chi connectivity index (χ3n) is 5.03. The number of Topliss-reactive ketones (excluding diaryl/α,β-unsaturated/α-hetero) is 1. The van der Waals surface area contributed by atoms with Crippen LogP contribution in [0.15, 0.2) is 72.4 Å². The van der Waals surface area contributed by atoms with Crippen LogP contribution in [0.2, 0.25) is 10.0 Å². The van der Waals surface area contributed by atoms with Crippen molar-refractivity contribution in [3.05, 3.63) is 99.3 Å². The molecular weight excluding hydrogens is 423 g/mol. The van der Waals surface area contributed by atoms with Crippen molar-refractivity contribution in [1.82, 2.24) is 4.98 Å². The zero-order valence-corrected chi connectivity index (χ0v) is 17.4. The van der Waals surface area contributed by atoms with Gasteiger partial charge in [-0.25, -0.2) is 0 Å². The van der Waals surface area contributed by atoms with Crippen molar-refractivity contribution in [1.29, 1.82) is 0 Å². The standard InChI is InChI=1S/C23H16Cl2N2O3/c1-13-16(25)5-4-7-18(13)27-20(17-6-2-3-12-26-17)19(22(29)23(27)30)21(28)14-8-10-15(24)11-9-14/h2-12,20,28H,1H3/b21-19+. The minimum absolute atomic E-state index is 0.0413. The highest BCUT2D eigenvalue weighted by molar-refractivity contribution is 6.52. The summed E-state index contributed by atoms with van der Waals surface area (Å²) in [6.07, 6.45) is 1.57. The average Bonchev–Trinajstić information content (AvgIpc) is 3.01. The van der Waals surface area contributed by atoms with Gasteiger partial charge in [0.2, 0.25) is 0 Å². The molecule has 5 nitrogen and oxygen atoms in total. The molecule has 30 heavy (non-hydrogen) atoms. The Morgan fingerprint density at radius 2 is 1.73 bits per heavy atom. The second kappa shape index (κ2) is 7.94. The number of hydrogen-bond donors (Lipinski definition) is 1. The molecule has 1 aliphatic heterocycles. The largest absolute Gasteiger partial charge is 0.507 e. The molecule has 1 unspecified atom stereocenters. The Kier molecular flexibility index (Phi) is 5.33. The number of ketones is 1. The summed E-state index contributed by atoms with van der Waals surface area (Å²) in [5.74, 6) is -1.84. The van der Waals surface area contributed by atoms with E-state index in [2.05, 4.69) is 4.98 Å². The highest BCUT2D eigenvalue weighted by Gasteiger charge is 2.48. The molecular formula is C23H16Cl2N2O3. The van der Waals surface area contributed by atoms with Gasteiger partial charge in [0.15, 0.2) is 0 Å². The van der Waals surface area contributed by atoms with E-state index >= 15 is 0 Å². The molecule has 1 saturated heterocycles. The predicted molar refractivity (Wildman–Crippen MR) is 117 cm³/mol. The van der Waals surface area contributed by atoms with Gasteiger partial charge < -0.3 is 5.11 Å². The van der Waals surface area contributed by atoms with E-state index in [0.29, 0.717) is 32.6 Å². The van der Waals surface area contributed by atoms with Crippen LogP contribution >= 0.6 is 23.2 Å². The van der Waals surface area contributed by atoms with Crippen LogP contribution in [0.3, 0.4) is 0 Å². The number of pyridine rings is 1. The number of anilines is 1. The Morgan fingerprint density at radius 3 is 2.40 bits per heavy atom. The summed E-state index contributed by atoms with van der Waals surface area (Å²) >= 11 is 12.2. The lowest BCUT2D eigenvalue weighted by atomic mass is 9.98. The lowest BCUT2D eigenvalue weighted by molar-refractivity contribution is -0.132. The highest BCUT2D eigenvalue weighted by atomic mass is 35.5. The van der Waals surface area contributed by atoms with Gasteiger partial charge in [-0.1, -0.05) is 35.3 Å². The molecule has 1 amide bonds. The number of carbonyl (C=O) groups is 2. The van der Waals surface area contributed by atoms with E-state index in [1.807, 2.05) is 0 Å². The molecule has 2 aromatic carbocycles. The number of amides is 1. The van der Waals surface area contributed by atoms with Crippen molar-refractivity contribution >= 4 is 46.3 Å². The molecule has 2 heterocycles. The van der Waals surface area contributed by atoms with Gasteiger partial charge in [0.05, 0.1) is 11.3 Å². The molecule has 0 radical (unpaired) electrons. The Bertz CT molecular complexity index is 1170. The van der Waals surface area contributed by atoms with Gasteiger partial charge in [0.25, 0.3) is 11.7 Å². The first-order valence-corrected chi connectivity index (χ1v) is 9.88. The minimum Gasteiger partial charge on any atom is -0.507 e. The van der Waals surface area contributed by atoms with E-state index in [9.17, 15) is 14.7 Å². The molecule has 1 atom stereocenters. The van der Waals surface area contributed by atoms with Crippen LogP contribution in [0.5, 0.6) is 0 Å². The number of nitrogens with zero attached hydrogens (tertiary/aromatic N) is 2. The number of halogens is 2. The van der Waals surface area contributed by atoms with Crippen molar-refractivity contribution in [2.24, 2.45) is 0 Å². The number of hydrogen-bond acceptors (Lipinski definition) is 4. The highest BCUT2D eigenvalue weighted by Crippen LogP contribution is 2.43. The molecule has 150 valence electrons. The fourth-order valence-electron chi connectivity index (χ4n) is 3.52. The van der Waals surface area contributed by atoms with Gasteiger partial charge in [-0.15, -0.1) is 0 Å². The Labute approximate surface area is 183 Å². The van der Waals surface area contributed by atoms with Crippen molar-refractivity contribution in [3.63, 3.8) is 0 Å².